The fourth-order valence-corrected chi connectivity index (χ4v) is 3.90. The summed E-state index contributed by atoms with van der Waals surface area (Å²) in [6.07, 6.45) is 5.84. The van der Waals surface area contributed by atoms with E-state index in [1.807, 2.05) is 6.20 Å². The molecule has 4 nitrogen and oxygen atoms in total. The molecule has 2 aliphatic rings. The maximum atomic E-state index is 11.9. The molecule has 0 spiro atoms. The lowest BCUT2D eigenvalue weighted by Gasteiger charge is -2.41. The van der Waals surface area contributed by atoms with E-state index in [4.69, 9.17) is 4.74 Å². The van der Waals surface area contributed by atoms with Crippen LogP contribution in [0, 0.1) is 0 Å². The molecule has 1 N–H and O–H groups in total. The third-order valence-corrected chi connectivity index (χ3v) is 4.88. The van der Waals surface area contributed by atoms with Crippen molar-refractivity contribution in [3.63, 3.8) is 0 Å². The second kappa shape index (κ2) is 4.38. The molecular formula is C17H18N2O2. The minimum Gasteiger partial charge on any atom is -0.466 e. The maximum absolute atomic E-state index is 11.9. The number of benzene rings is 1. The summed E-state index contributed by atoms with van der Waals surface area (Å²) in [6, 6.07) is 6.82. The Balaban J connectivity index is 1.84. The van der Waals surface area contributed by atoms with E-state index in [0.717, 1.165) is 18.4 Å². The monoisotopic (exact) mass is 282 g/mol. The Kier molecular flexibility index (Phi) is 2.61. The fourth-order valence-electron chi connectivity index (χ4n) is 3.90. The average molecular weight is 282 g/mol. The number of rotatable bonds is 1. The van der Waals surface area contributed by atoms with Crippen LogP contribution in [0.25, 0.3) is 10.9 Å². The van der Waals surface area contributed by atoms with Crippen LogP contribution in [-0.2, 0) is 16.0 Å². The van der Waals surface area contributed by atoms with Gasteiger partial charge in [-0.1, -0.05) is 12.1 Å². The van der Waals surface area contributed by atoms with E-state index in [1.165, 1.54) is 29.1 Å². The Hall–Kier alpha value is -2.23. The van der Waals surface area contributed by atoms with Gasteiger partial charge in [0.05, 0.1) is 12.7 Å². The molecule has 1 aromatic heterocycles. The van der Waals surface area contributed by atoms with E-state index in [-0.39, 0.29) is 5.97 Å². The Morgan fingerprint density at radius 3 is 3.05 bits per heavy atom. The molecule has 0 saturated heterocycles. The van der Waals surface area contributed by atoms with E-state index < -0.39 is 0 Å². The zero-order chi connectivity index (χ0) is 14.6. The standard InChI is InChI=1S/C17H18N2O2/c1-19-9-11(17(20)21-2)6-13-12-4-3-5-14-16(12)10(8-18-14)7-15(13)19/h3-5,8-9,13,15,18H,6-7H2,1-2H3/t13-,15-/m1/s1. The molecule has 0 unspecified atom stereocenters. The molecule has 21 heavy (non-hydrogen) atoms. The van der Waals surface area contributed by atoms with Gasteiger partial charge in [0, 0.05) is 42.3 Å². The Bertz CT molecular complexity index is 759. The number of likely N-dealkylation sites (N-methyl/N-ethyl adjacent to an activating group) is 1. The average Bonchev–Trinajstić information content (AvgIpc) is 2.92. The van der Waals surface area contributed by atoms with Crippen LogP contribution in [0.2, 0.25) is 0 Å². The number of carbonyl (C=O) groups excluding carboxylic acids is 1. The number of esters is 1. The van der Waals surface area contributed by atoms with Crippen molar-refractivity contribution in [3.8, 4) is 0 Å². The number of H-pyrrole nitrogens is 1. The molecule has 0 bridgehead atoms. The first-order chi connectivity index (χ1) is 10.2. The predicted molar refractivity (Wildman–Crippen MR) is 81.0 cm³/mol. The van der Waals surface area contributed by atoms with Gasteiger partial charge in [-0.05, 0) is 30.0 Å². The van der Waals surface area contributed by atoms with Crippen molar-refractivity contribution in [2.75, 3.05) is 14.2 Å². The molecule has 2 atom stereocenters. The Morgan fingerprint density at radius 2 is 2.24 bits per heavy atom. The first-order valence-corrected chi connectivity index (χ1v) is 7.29. The minimum absolute atomic E-state index is 0.215. The summed E-state index contributed by atoms with van der Waals surface area (Å²) in [6.45, 7) is 0. The van der Waals surface area contributed by atoms with Crippen molar-refractivity contribution < 1.29 is 9.53 Å². The van der Waals surface area contributed by atoms with Gasteiger partial charge in [-0.25, -0.2) is 4.79 Å². The van der Waals surface area contributed by atoms with Crippen molar-refractivity contribution in [1.82, 2.24) is 9.88 Å². The van der Waals surface area contributed by atoms with E-state index in [0.29, 0.717) is 12.0 Å². The zero-order valence-electron chi connectivity index (χ0n) is 12.2. The number of nitrogens with zero attached hydrogens (tertiary/aromatic N) is 1. The SMILES string of the molecule is COC(=O)C1=CN(C)[C@@H]2Cc3c[nH]c4cccc(c34)[C@H]2C1. The van der Waals surface area contributed by atoms with Crippen LogP contribution >= 0.6 is 0 Å². The highest BCUT2D eigenvalue weighted by Gasteiger charge is 2.37. The number of methoxy groups -OCH3 is 1. The number of hydrogen-bond donors (Lipinski definition) is 1. The molecule has 0 saturated carbocycles. The molecule has 1 aromatic carbocycles. The number of nitrogens with one attached hydrogen (secondary N) is 1. The van der Waals surface area contributed by atoms with E-state index in [9.17, 15) is 4.79 Å². The van der Waals surface area contributed by atoms with Crippen LogP contribution in [-0.4, -0.2) is 36.1 Å². The van der Waals surface area contributed by atoms with Gasteiger partial charge in [-0.15, -0.1) is 0 Å². The van der Waals surface area contributed by atoms with E-state index in [1.54, 1.807) is 0 Å². The van der Waals surface area contributed by atoms with Crippen molar-refractivity contribution >= 4 is 16.9 Å². The number of aromatic amines is 1. The minimum atomic E-state index is -0.215. The second-order valence-corrected chi connectivity index (χ2v) is 5.98. The van der Waals surface area contributed by atoms with Crippen LogP contribution in [0.3, 0.4) is 0 Å². The Labute approximate surface area is 123 Å². The summed E-state index contributed by atoms with van der Waals surface area (Å²) < 4.78 is 4.91. The molecule has 2 heterocycles. The highest BCUT2D eigenvalue weighted by Crippen LogP contribution is 2.43. The van der Waals surface area contributed by atoms with Gasteiger partial charge in [0.25, 0.3) is 0 Å². The quantitative estimate of drug-likeness (QED) is 0.818. The number of aromatic nitrogens is 1. The first-order valence-electron chi connectivity index (χ1n) is 7.29. The molecular weight excluding hydrogens is 264 g/mol. The number of ether oxygens (including phenoxy) is 1. The van der Waals surface area contributed by atoms with E-state index >= 15 is 0 Å². The van der Waals surface area contributed by atoms with Crippen LogP contribution in [0.4, 0.5) is 0 Å². The smallest absolute Gasteiger partial charge is 0.335 e. The molecule has 4 rings (SSSR count). The summed E-state index contributed by atoms with van der Waals surface area (Å²) in [7, 11) is 3.50. The molecule has 0 amide bonds. The lowest BCUT2D eigenvalue weighted by molar-refractivity contribution is -0.136. The molecule has 0 radical (unpaired) electrons. The van der Waals surface area contributed by atoms with Crippen LogP contribution in [0.15, 0.2) is 36.2 Å². The zero-order valence-corrected chi connectivity index (χ0v) is 12.2. The van der Waals surface area contributed by atoms with Crippen molar-refractivity contribution in [2.45, 2.75) is 24.8 Å². The highest BCUT2D eigenvalue weighted by atomic mass is 16.5. The molecule has 2 aromatic rings. The van der Waals surface area contributed by atoms with Gasteiger partial charge < -0.3 is 14.6 Å². The van der Waals surface area contributed by atoms with Gasteiger partial charge in [0.15, 0.2) is 0 Å². The normalized spacial score (nSPS) is 23.7. The van der Waals surface area contributed by atoms with Crippen LogP contribution in [0.1, 0.15) is 23.5 Å². The topological polar surface area (TPSA) is 45.3 Å². The van der Waals surface area contributed by atoms with Crippen LogP contribution < -0.4 is 0 Å². The third kappa shape index (κ3) is 1.71. The van der Waals surface area contributed by atoms with Crippen molar-refractivity contribution in [2.24, 2.45) is 0 Å². The lowest BCUT2D eigenvalue weighted by atomic mass is 9.75. The van der Waals surface area contributed by atoms with Gasteiger partial charge in [-0.3, -0.25) is 0 Å². The Morgan fingerprint density at radius 1 is 1.38 bits per heavy atom. The van der Waals surface area contributed by atoms with Gasteiger partial charge >= 0.3 is 5.97 Å². The second-order valence-electron chi connectivity index (χ2n) is 5.98. The summed E-state index contributed by atoms with van der Waals surface area (Å²) in [5.74, 6) is 0.133. The predicted octanol–water partition coefficient (Wildman–Crippen LogP) is 2.57. The van der Waals surface area contributed by atoms with Gasteiger partial charge in [0.2, 0.25) is 0 Å². The van der Waals surface area contributed by atoms with Gasteiger partial charge in [-0.2, -0.15) is 0 Å². The largest absolute Gasteiger partial charge is 0.466 e. The summed E-state index contributed by atoms with van der Waals surface area (Å²) in [5.41, 5.74) is 4.68. The highest BCUT2D eigenvalue weighted by molar-refractivity contribution is 5.91. The fraction of sp³-hybridized carbons (Fsp3) is 0.353. The maximum Gasteiger partial charge on any atom is 0.335 e. The summed E-state index contributed by atoms with van der Waals surface area (Å²) >= 11 is 0. The third-order valence-electron chi connectivity index (χ3n) is 4.88. The number of fused-ring (bicyclic) bond motifs is 2. The van der Waals surface area contributed by atoms with Crippen molar-refractivity contribution in [1.29, 1.82) is 0 Å². The van der Waals surface area contributed by atoms with Gasteiger partial charge in [0.1, 0.15) is 0 Å². The molecule has 108 valence electrons. The molecule has 4 heteroatoms. The first kappa shape index (κ1) is 12.5. The van der Waals surface area contributed by atoms with Crippen LogP contribution in [0.5, 0.6) is 0 Å². The molecule has 1 aliphatic carbocycles. The van der Waals surface area contributed by atoms with E-state index in [2.05, 4.69) is 41.3 Å². The number of hydrogen-bond acceptors (Lipinski definition) is 3. The summed E-state index contributed by atoms with van der Waals surface area (Å²) in [4.78, 5) is 17.4. The number of carbonyl (C=O) groups is 1. The lowest BCUT2D eigenvalue weighted by Crippen LogP contribution is -2.41. The summed E-state index contributed by atoms with van der Waals surface area (Å²) in [5, 5.41) is 1.35. The molecule has 0 fully saturated rings. The van der Waals surface area contributed by atoms with Crippen molar-refractivity contribution in [3.05, 3.63) is 47.3 Å². The molecule has 1 aliphatic heterocycles.